The molecule has 70 valence electrons. The van der Waals surface area contributed by atoms with Crippen LogP contribution in [0.15, 0.2) is 0 Å². The van der Waals surface area contributed by atoms with Crippen LogP contribution >= 0.6 is 0 Å². The third kappa shape index (κ3) is 1.69. The van der Waals surface area contributed by atoms with Crippen molar-refractivity contribution in [3.8, 4) is 0 Å². The number of nitrogens with one attached hydrogen (secondary N) is 1. The number of rotatable bonds is 0. The maximum Gasteiger partial charge on any atom is 0.412 e. The molecule has 6 heteroatoms. The average Bonchev–Trinajstić information content (AvgIpc) is 1.82. The van der Waals surface area contributed by atoms with Gasteiger partial charge in [0, 0.05) is 13.1 Å². The van der Waals surface area contributed by atoms with Crippen LogP contribution in [0.1, 0.15) is 0 Å². The number of halogens is 3. The zero-order chi connectivity index (χ0) is 9.35. The predicted octanol–water partition coefficient (Wildman–Crippen LogP) is -0.0211. The minimum absolute atomic E-state index is 0.232. The van der Waals surface area contributed by atoms with Gasteiger partial charge in [0.15, 0.2) is 6.04 Å². The van der Waals surface area contributed by atoms with Crippen molar-refractivity contribution < 1.29 is 18.0 Å². The number of nitrogens with zero attached hydrogens (tertiary/aromatic N) is 1. The Morgan fingerprint density at radius 1 is 1.58 bits per heavy atom. The van der Waals surface area contributed by atoms with Crippen molar-refractivity contribution in [2.24, 2.45) is 0 Å². The average molecular weight is 182 g/mol. The number of hydrogen-bond acceptors (Lipinski definition) is 2. The van der Waals surface area contributed by atoms with Crippen molar-refractivity contribution in [2.75, 3.05) is 20.1 Å². The van der Waals surface area contributed by atoms with Gasteiger partial charge < -0.3 is 5.32 Å². The fourth-order valence-corrected chi connectivity index (χ4v) is 1.18. The molecule has 0 aromatic carbocycles. The molecule has 0 aliphatic carbocycles. The molecule has 1 unspecified atom stereocenters. The molecule has 0 saturated carbocycles. The van der Waals surface area contributed by atoms with Crippen LogP contribution in [-0.4, -0.2) is 43.2 Å². The first kappa shape index (κ1) is 9.31. The summed E-state index contributed by atoms with van der Waals surface area (Å²) in [6.07, 6.45) is -4.47. The molecule has 1 N–H and O–H groups in total. The summed E-state index contributed by atoms with van der Waals surface area (Å²) in [6.45, 7) is 0.512. The van der Waals surface area contributed by atoms with Gasteiger partial charge in [-0.1, -0.05) is 0 Å². The van der Waals surface area contributed by atoms with Crippen molar-refractivity contribution in [1.82, 2.24) is 10.2 Å². The van der Waals surface area contributed by atoms with Crippen LogP contribution in [-0.2, 0) is 4.79 Å². The lowest BCUT2D eigenvalue weighted by Gasteiger charge is -2.32. The van der Waals surface area contributed by atoms with Crippen molar-refractivity contribution in [3.63, 3.8) is 0 Å². The molecule has 0 aromatic rings. The van der Waals surface area contributed by atoms with Crippen LogP contribution in [0.2, 0.25) is 0 Å². The Kier molecular flexibility index (Phi) is 2.27. The highest BCUT2D eigenvalue weighted by Crippen LogP contribution is 2.25. The van der Waals surface area contributed by atoms with E-state index < -0.39 is 18.1 Å². The quantitative estimate of drug-likeness (QED) is 0.571. The highest BCUT2D eigenvalue weighted by Gasteiger charge is 2.48. The molecule has 1 aliphatic rings. The van der Waals surface area contributed by atoms with Crippen LogP contribution in [0, 0.1) is 0 Å². The zero-order valence-electron chi connectivity index (χ0n) is 6.48. The minimum Gasteiger partial charge on any atom is -0.353 e. The molecule has 0 bridgehead atoms. The molecule has 3 nitrogen and oxygen atoms in total. The molecule has 0 spiro atoms. The standard InChI is InChI=1S/C6H9F3N2O/c1-11-3-2-10-5(12)4(11)6(7,8)9/h4H,2-3H2,1H3,(H,10,12). The molecular weight excluding hydrogens is 173 g/mol. The summed E-state index contributed by atoms with van der Waals surface area (Å²) in [4.78, 5) is 11.8. The normalized spacial score (nSPS) is 27.0. The summed E-state index contributed by atoms with van der Waals surface area (Å²) in [5, 5.41) is 2.17. The first-order valence-electron chi connectivity index (χ1n) is 3.47. The Bertz CT molecular complexity index is 192. The third-order valence-electron chi connectivity index (χ3n) is 1.76. The van der Waals surface area contributed by atoms with Gasteiger partial charge in [0.1, 0.15) is 0 Å². The lowest BCUT2D eigenvalue weighted by molar-refractivity contribution is -0.190. The second-order valence-corrected chi connectivity index (χ2v) is 2.72. The minimum atomic E-state index is -4.47. The molecule has 0 radical (unpaired) electrons. The van der Waals surface area contributed by atoms with E-state index in [1.807, 2.05) is 0 Å². The Hall–Kier alpha value is -0.780. The van der Waals surface area contributed by atoms with Crippen molar-refractivity contribution in [1.29, 1.82) is 0 Å². The highest BCUT2D eigenvalue weighted by molar-refractivity contribution is 5.83. The summed E-state index contributed by atoms with van der Waals surface area (Å²) in [7, 11) is 1.29. The number of alkyl halides is 3. The number of likely N-dealkylation sites (N-methyl/N-ethyl adjacent to an activating group) is 1. The molecule has 1 aliphatic heterocycles. The van der Waals surface area contributed by atoms with Crippen molar-refractivity contribution >= 4 is 5.91 Å². The Morgan fingerprint density at radius 2 is 2.17 bits per heavy atom. The lowest BCUT2D eigenvalue weighted by atomic mass is 10.2. The smallest absolute Gasteiger partial charge is 0.353 e. The molecule has 12 heavy (non-hydrogen) atoms. The van der Waals surface area contributed by atoms with Crippen LogP contribution in [0.3, 0.4) is 0 Å². The topological polar surface area (TPSA) is 32.3 Å². The predicted molar refractivity (Wildman–Crippen MR) is 35.5 cm³/mol. The first-order chi connectivity index (χ1) is 5.43. The van der Waals surface area contributed by atoms with Gasteiger partial charge in [-0.2, -0.15) is 13.2 Å². The van der Waals surface area contributed by atoms with E-state index in [9.17, 15) is 18.0 Å². The van der Waals surface area contributed by atoms with Gasteiger partial charge in [0.05, 0.1) is 0 Å². The fourth-order valence-electron chi connectivity index (χ4n) is 1.18. The van der Waals surface area contributed by atoms with E-state index >= 15 is 0 Å². The van der Waals surface area contributed by atoms with Crippen LogP contribution in [0.4, 0.5) is 13.2 Å². The fraction of sp³-hybridized carbons (Fsp3) is 0.833. The van der Waals surface area contributed by atoms with Gasteiger partial charge in [0.25, 0.3) is 0 Å². The summed E-state index contributed by atoms with van der Waals surface area (Å²) < 4.78 is 36.4. The lowest BCUT2D eigenvalue weighted by Crippen LogP contribution is -2.59. The molecule has 1 atom stereocenters. The molecule has 1 rings (SSSR count). The van der Waals surface area contributed by atoms with Gasteiger partial charge in [-0.05, 0) is 7.05 Å². The molecule has 0 aromatic heterocycles. The largest absolute Gasteiger partial charge is 0.412 e. The molecular formula is C6H9F3N2O. The van der Waals surface area contributed by atoms with Gasteiger partial charge >= 0.3 is 6.18 Å². The maximum atomic E-state index is 12.1. The van der Waals surface area contributed by atoms with E-state index in [2.05, 4.69) is 5.32 Å². The molecule has 1 heterocycles. The number of carbonyl (C=O) groups is 1. The van der Waals surface area contributed by atoms with E-state index in [0.717, 1.165) is 4.90 Å². The first-order valence-corrected chi connectivity index (χ1v) is 3.47. The SMILES string of the molecule is CN1CCNC(=O)C1C(F)(F)F. The number of carbonyl (C=O) groups excluding carboxylic acids is 1. The van der Waals surface area contributed by atoms with E-state index in [1.165, 1.54) is 7.05 Å². The Morgan fingerprint density at radius 3 is 2.50 bits per heavy atom. The summed E-state index contributed by atoms with van der Waals surface area (Å²) in [6, 6.07) is -1.98. The van der Waals surface area contributed by atoms with Gasteiger partial charge in [-0.15, -0.1) is 0 Å². The van der Waals surface area contributed by atoms with Crippen LogP contribution in [0.5, 0.6) is 0 Å². The maximum absolute atomic E-state index is 12.1. The summed E-state index contributed by atoms with van der Waals surface area (Å²) in [5.41, 5.74) is 0. The third-order valence-corrected chi connectivity index (χ3v) is 1.76. The van der Waals surface area contributed by atoms with Gasteiger partial charge in [-0.3, -0.25) is 9.69 Å². The number of piperazine rings is 1. The second-order valence-electron chi connectivity index (χ2n) is 2.72. The highest BCUT2D eigenvalue weighted by atomic mass is 19.4. The molecule has 1 saturated heterocycles. The van der Waals surface area contributed by atoms with Crippen molar-refractivity contribution in [2.45, 2.75) is 12.2 Å². The van der Waals surface area contributed by atoms with E-state index in [-0.39, 0.29) is 13.1 Å². The number of amides is 1. The Labute approximate surface area is 67.5 Å². The molecule has 1 amide bonds. The second kappa shape index (κ2) is 2.93. The van der Waals surface area contributed by atoms with Crippen LogP contribution in [0.25, 0.3) is 0 Å². The summed E-state index contributed by atoms with van der Waals surface area (Å²) >= 11 is 0. The summed E-state index contributed by atoms with van der Waals surface area (Å²) in [5.74, 6) is -0.962. The molecule has 1 fully saturated rings. The van der Waals surface area contributed by atoms with Gasteiger partial charge in [0.2, 0.25) is 5.91 Å². The van der Waals surface area contributed by atoms with Crippen molar-refractivity contribution in [3.05, 3.63) is 0 Å². The van der Waals surface area contributed by atoms with E-state index in [0.29, 0.717) is 0 Å². The Balaban J connectivity index is 2.77. The zero-order valence-corrected chi connectivity index (χ0v) is 6.48. The number of hydrogen-bond donors (Lipinski definition) is 1. The van der Waals surface area contributed by atoms with E-state index in [4.69, 9.17) is 0 Å². The van der Waals surface area contributed by atoms with Gasteiger partial charge in [-0.25, -0.2) is 0 Å². The van der Waals surface area contributed by atoms with E-state index in [1.54, 1.807) is 0 Å². The monoisotopic (exact) mass is 182 g/mol. The van der Waals surface area contributed by atoms with Crippen LogP contribution < -0.4 is 5.32 Å².